The van der Waals surface area contributed by atoms with Crippen molar-refractivity contribution in [3.8, 4) is 0 Å². The van der Waals surface area contributed by atoms with Crippen LogP contribution in [0.5, 0.6) is 0 Å². The minimum absolute atomic E-state index is 1.06. The highest BCUT2D eigenvalue weighted by Crippen LogP contribution is 2.15. The Morgan fingerprint density at radius 2 is 1.53 bits per heavy atom. The Bertz CT molecular complexity index is 490. The molecule has 2 heterocycles. The molecule has 1 aromatic heterocycles. The maximum atomic E-state index is 4.07. The molecule has 0 saturated carbocycles. The number of hydrogen-bond acceptors (Lipinski definition) is 3. The number of piperazine rings is 1. The van der Waals surface area contributed by atoms with Gasteiger partial charge in [0.2, 0.25) is 0 Å². The topological polar surface area (TPSA) is 19.4 Å². The maximum Gasteiger partial charge on any atom is 0.0397 e. The van der Waals surface area contributed by atoms with E-state index in [9.17, 15) is 0 Å². The lowest BCUT2D eigenvalue weighted by Crippen LogP contribution is -2.45. The highest BCUT2D eigenvalue weighted by molar-refractivity contribution is 5.44. The van der Waals surface area contributed by atoms with E-state index in [2.05, 4.69) is 57.2 Å². The van der Waals surface area contributed by atoms with Gasteiger partial charge in [-0.15, -0.1) is 0 Å². The molecule has 1 saturated heterocycles. The van der Waals surface area contributed by atoms with Crippen molar-refractivity contribution in [2.75, 3.05) is 31.1 Å². The van der Waals surface area contributed by atoms with Crippen LogP contribution in [0.4, 0.5) is 5.69 Å². The predicted octanol–water partition coefficient (Wildman–Crippen LogP) is 2.40. The minimum atomic E-state index is 1.06. The smallest absolute Gasteiger partial charge is 0.0397 e. The molecule has 1 aromatic carbocycles. The third-order valence-electron chi connectivity index (χ3n) is 3.65. The van der Waals surface area contributed by atoms with Gasteiger partial charge in [0.25, 0.3) is 0 Å². The van der Waals surface area contributed by atoms with Crippen molar-refractivity contribution in [2.24, 2.45) is 0 Å². The van der Waals surface area contributed by atoms with Gasteiger partial charge in [-0.25, -0.2) is 0 Å². The van der Waals surface area contributed by atoms with Crippen molar-refractivity contribution >= 4 is 5.69 Å². The van der Waals surface area contributed by atoms with Crippen molar-refractivity contribution in [2.45, 2.75) is 6.54 Å². The molecular weight excluding hydrogens is 234 g/mol. The Balaban J connectivity index is 1.55. The number of anilines is 1. The number of pyridine rings is 1. The lowest BCUT2D eigenvalue weighted by atomic mass is 10.2. The minimum Gasteiger partial charge on any atom is -0.369 e. The zero-order chi connectivity index (χ0) is 12.9. The molecule has 3 heteroatoms. The fourth-order valence-corrected chi connectivity index (χ4v) is 2.56. The van der Waals surface area contributed by atoms with Crippen molar-refractivity contribution < 1.29 is 0 Å². The quantitative estimate of drug-likeness (QED) is 0.837. The molecule has 98 valence electrons. The molecule has 0 N–H and O–H groups in total. The van der Waals surface area contributed by atoms with Gasteiger partial charge in [-0.05, 0) is 17.7 Å². The first-order valence-corrected chi connectivity index (χ1v) is 6.83. The Hall–Kier alpha value is -1.87. The molecule has 19 heavy (non-hydrogen) atoms. The lowest BCUT2D eigenvalue weighted by molar-refractivity contribution is 0.250. The maximum absolute atomic E-state index is 4.07. The van der Waals surface area contributed by atoms with Gasteiger partial charge in [0.05, 0.1) is 0 Å². The molecule has 1 fully saturated rings. The summed E-state index contributed by atoms with van der Waals surface area (Å²) < 4.78 is 0. The first-order valence-electron chi connectivity index (χ1n) is 6.83. The van der Waals surface area contributed by atoms with Crippen LogP contribution in [0, 0.1) is 0 Å². The van der Waals surface area contributed by atoms with E-state index in [0.29, 0.717) is 0 Å². The largest absolute Gasteiger partial charge is 0.369 e. The molecule has 1 aliphatic heterocycles. The molecule has 0 aliphatic carbocycles. The van der Waals surface area contributed by atoms with E-state index in [-0.39, 0.29) is 0 Å². The zero-order valence-electron chi connectivity index (χ0n) is 11.1. The standard InChI is InChI=1S/C16H19N3/c1-2-4-15(5-3-1)14-18-10-12-19(13-11-18)16-6-8-17-9-7-16/h1-9H,10-14H2. The Morgan fingerprint density at radius 3 is 2.21 bits per heavy atom. The lowest BCUT2D eigenvalue weighted by Gasteiger charge is -2.36. The second-order valence-corrected chi connectivity index (χ2v) is 4.95. The molecule has 0 bridgehead atoms. The summed E-state index contributed by atoms with van der Waals surface area (Å²) in [6.07, 6.45) is 3.73. The molecule has 3 nitrogen and oxygen atoms in total. The van der Waals surface area contributed by atoms with Crippen LogP contribution in [0.2, 0.25) is 0 Å². The molecular formula is C16H19N3. The van der Waals surface area contributed by atoms with Gasteiger partial charge in [-0.1, -0.05) is 30.3 Å². The van der Waals surface area contributed by atoms with Gasteiger partial charge < -0.3 is 4.90 Å². The monoisotopic (exact) mass is 253 g/mol. The summed E-state index contributed by atoms with van der Waals surface area (Å²) in [5.41, 5.74) is 2.69. The SMILES string of the molecule is c1ccc(CN2CCN(c3ccncc3)CC2)cc1. The van der Waals surface area contributed by atoms with Crippen molar-refractivity contribution in [3.63, 3.8) is 0 Å². The number of rotatable bonds is 3. The summed E-state index contributed by atoms with van der Waals surface area (Å²) in [7, 11) is 0. The number of aromatic nitrogens is 1. The first-order chi connectivity index (χ1) is 9.42. The van der Waals surface area contributed by atoms with Crippen molar-refractivity contribution in [1.82, 2.24) is 9.88 Å². The zero-order valence-corrected chi connectivity index (χ0v) is 11.1. The fourth-order valence-electron chi connectivity index (χ4n) is 2.56. The van der Waals surface area contributed by atoms with Crippen molar-refractivity contribution in [3.05, 3.63) is 60.4 Å². The van der Waals surface area contributed by atoms with Crippen LogP contribution in [0.25, 0.3) is 0 Å². The van der Waals surface area contributed by atoms with Crippen LogP contribution < -0.4 is 4.90 Å². The molecule has 0 amide bonds. The third-order valence-corrected chi connectivity index (χ3v) is 3.65. The Kier molecular flexibility index (Phi) is 3.75. The number of hydrogen-bond donors (Lipinski definition) is 0. The van der Waals surface area contributed by atoms with Gasteiger partial charge in [0, 0.05) is 50.8 Å². The van der Waals surface area contributed by atoms with E-state index < -0.39 is 0 Å². The predicted molar refractivity (Wildman–Crippen MR) is 78.2 cm³/mol. The molecule has 0 atom stereocenters. The van der Waals surface area contributed by atoms with E-state index in [1.165, 1.54) is 11.3 Å². The average Bonchev–Trinajstić information content (AvgIpc) is 2.50. The van der Waals surface area contributed by atoms with Crippen LogP contribution in [0.15, 0.2) is 54.9 Å². The van der Waals surface area contributed by atoms with E-state index in [4.69, 9.17) is 0 Å². The normalized spacial score (nSPS) is 16.5. The second-order valence-electron chi connectivity index (χ2n) is 4.95. The summed E-state index contributed by atoms with van der Waals surface area (Å²) in [5, 5.41) is 0. The first kappa shape index (κ1) is 12.2. The van der Waals surface area contributed by atoms with Gasteiger partial charge in [0.15, 0.2) is 0 Å². The van der Waals surface area contributed by atoms with E-state index in [0.717, 1.165) is 32.7 Å². The average molecular weight is 253 g/mol. The molecule has 2 aromatic rings. The van der Waals surface area contributed by atoms with E-state index >= 15 is 0 Å². The van der Waals surface area contributed by atoms with E-state index in [1.807, 2.05) is 12.4 Å². The number of benzene rings is 1. The third kappa shape index (κ3) is 3.12. The van der Waals surface area contributed by atoms with Crippen LogP contribution in [0.1, 0.15) is 5.56 Å². The fraction of sp³-hybridized carbons (Fsp3) is 0.312. The summed E-state index contributed by atoms with van der Waals surface area (Å²) >= 11 is 0. The molecule has 1 aliphatic rings. The van der Waals surface area contributed by atoms with Crippen LogP contribution in [-0.2, 0) is 6.54 Å². The van der Waals surface area contributed by atoms with Gasteiger partial charge in [0.1, 0.15) is 0 Å². The number of nitrogens with zero attached hydrogens (tertiary/aromatic N) is 3. The summed E-state index contributed by atoms with van der Waals surface area (Å²) in [6, 6.07) is 14.9. The highest BCUT2D eigenvalue weighted by Gasteiger charge is 2.16. The summed E-state index contributed by atoms with van der Waals surface area (Å²) in [6.45, 7) is 5.49. The molecule has 0 radical (unpaired) electrons. The van der Waals surface area contributed by atoms with Crippen LogP contribution in [-0.4, -0.2) is 36.1 Å². The molecule has 3 rings (SSSR count). The highest BCUT2D eigenvalue weighted by atomic mass is 15.3. The Labute approximate surface area is 114 Å². The van der Waals surface area contributed by atoms with Crippen LogP contribution >= 0.6 is 0 Å². The Morgan fingerprint density at radius 1 is 0.842 bits per heavy atom. The molecule has 0 unspecified atom stereocenters. The van der Waals surface area contributed by atoms with Gasteiger partial charge >= 0.3 is 0 Å². The van der Waals surface area contributed by atoms with Crippen LogP contribution in [0.3, 0.4) is 0 Å². The summed E-state index contributed by atoms with van der Waals surface area (Å²) in [4.78, 5) is 9.03. The van der Waals surface area contributed by atoms with Gasteiger partial charge in [-0.3, -0.25) is 9.88 Å². The summed E-state index contributed by atoms with van der Waals surface area (Å²) in [5.74, 6) is 0. The van der Waals surface area contributed by atoms with Crippen molar-refractivity contribution in [1.29, 1.82) is 0 Å². The molecule has 0 spiro atoms. The second kappa shape index (κ2) is 5.85. The van der Waals surface area contributed by atoms with E-state index in [1.54, 1.807) is 0 Å². The van der Waals surface area contributed by atoms with Gasteiger partial charge in [-0.2, -0.15) is 0 Å².